The summed E-state index contributed by atoms with van der Waals surface area (Å²) >= 11 is 0. The van der Waals surface area contributed by atoms with Gasteiger partial charge in [0.15, 0.2) is 6.61 Å². The average Bonchev–Trinajstić information content (AvgIpc) is 2.99. The number of sulfonamides is 2. The third-order valence-corrected chi connectivity index (χ3v) is 8.99. The Kier molecular flexibility index (Phi) is 10.6. The van der Waals surface area contributed by atoms with Crippen molar-refractivity contribution >= 4 is 43.1 Å². The number of phenols is 1. The first kappa shape index (κ1) is 32.9. The van der Waals surface area contributed by atoms with Crippen molar-refractivity contribution in [1.82, 2.24) is 5.32 Å². The van der Waals surface area contributed by atoms with Gasteiger partial charge < -0.3 is 29.9 Å². The molecule has 1 aliphatic rings. The number of methoxy groups -OCH3 is 1. The molecule has 1 heterocycles. The Morgan fingerprint density at radius 1 is 0.977 bits per heavy atom. The molecule has 0 saturated carbocycles. The number of carbonyl (C=O) groups excluding carboxylic acids is 1. The topological polar surface area (TPSA) is 184 Å². The average molecular weight is 649 g/mol. The van der Waals surface area contributed by atoms with E-state index < -0.39 is 32.1 Å². The maximum atomic E-state index is 12.8. The summed E-state index contributed by atoms with van der Waals surface area (Å²) in [6.07, 6.45) is 1.71. The lowest BCUT2D eigenvalue weighted by Crippen LogP contribution is -2.43. The molecular weight excluding hydrogens is 612 g/mol. The SMILES string of the molecule is COC(=O)COc1ccc(S(=O)(=O)Nc2ccc(N3CCC(NC[C@H](O)c4ccc(O)c(NS(C)(=O)=O)c4)CC3)cc2)cc1. The Morgan fingerprint density at radius 2 is 1.64 bits per heavy atom. The number of aliphatic hydroxyl groups excluding tert-OH is 1. The van der Waals surface area contributed by atoms with Crippen LogP contribution in [-0.2, 0) is 29.6 Å². The second-order valence-electron chi connectivity index (χ2n) is 10.3. The molecule has 44 heavy (non-hydrogen) atoms. The van der Waals surface area contributed by atoms with Crippen molar-refractivity contribution < 1.29 is 41.3 Å². The van der Waals surface area contributed by atoms with Crippen LogP contribution in [0.3, 0.4) is 0 Å². The second-order valence-corrected chi connectivity index (χ2v) is 13.8. The number of hydrogen-bond donors (Lipinski definition) is 5. The van der Waals surface area contributed by atoms with Crippen LogP contribution in [0.5, 0.6) is 11.5 Å². The minimum absolute atomic E-state index is 0.00834. The lowest BCUT2D eigenvalue weighted by atomic mass is 10.0. The molecule has 238 valence electrons. The van der Waals surface area contributed by atoms with Crippen LogP contribution in [0, 0.1) is 0 Å². The Hall–Kier alpha value is -4.05. The first-order chi connectivity index (χ1) is 20.8. The number of nitrogens with one attached hydrogen (secondary N) is 3. The van der Waals surface area contributed by atoms with E-state index in [-0.39, 0.29) is 35.5 Å². The molecular formula is C29H36N4O9S2. The number of anilines is 3. The highest BCUT2D eigenvalue weighted by atomic mass is 32.2. The molecule has 3 aromatic rings. The first-order valence-corrected chi connectivity index (χ1v) is 17.1. The predicted molar refractivity (Wildman–Crippen MR) is 166 cm³/mol. The molecule has 4 rings (SSSR count). The summed E-state index contributed by atoms with van der Waals surface area (Å²) in [5, 5.41) is 23.9. The number of nitrogens with zero attached hydrogens (tertiary/aromatic N) is 1. The van der Waals surface area contributed by atoms with Gasteiger partial charge in [0.05, 0.1) is 30.1 Å². The normalized spacial score (nSPS) is 14.9. The summed E-state index contributed by atoms with van der Waals surface area (Å²) in [5.41, 5.74) is 1.84. The number of benzene rings is 3. The maximum absolute atomic E-state index is 12.8. The lowest BCUT2D eigenvalue weighted by Gasteiger charge is -2.34. The summed E-state index contributed by atoms with van der Waals surface area (Å²) in [6.45, 7) is 1.49. The summed E-state index contributed by atoms with van der Waals surface area (Å²) in [7, 11) is -6.18. The zero-order chi connectivity index (χ0) is 31.9. The van der Waals surface area contributed by atoms with Gasteiger partial charge in [-0.15, -0.1) is 0 Å². The molecule has 1 atom stereocenters. The Bertz CT molecular complexity index is 1640. The Morgan fingerprint density at radius 3 is 2.25 bits per heavy atom. The number of aromatic hydroxyl groups is 1. The van der Waals surface area contributed by atoms with Crippen molar-refractivity contribution in [3.8, 4) is 11.5 Å². The van der Waals surface area contributed by atoms with E-state index in [9.17, 15) is 31.8 Å². The van der Waals surface area contributed by atoms with Crippen LogP contribution in [0.25, 0.3) is 0 Å². The van der Waals surface area contributed by atoms with Crippen LogP contribution < -0.4 is 24.4 Å². The van der Waals surface area contributed by atoms with E-state index in [0.29, 0.717) is 17.0 Å². The second kappa shape index (κ2) is 14.2. The van der Waals surface area contributed by atoms with Crippen LogP contribution in [0.4, 0.5) is 17.1 Å². The van der Waals surface area contributed by atoms with E-state index in [0.717, 1.165) is 37.9 Å². The number of aliphatic hydroxyl groups is 1. The molecule has 5 N–H and O–H groups in total. The molecule has 0 aliphatic carbocycles. The summed E-state index contributed by atoms with van der Waals surface area (Å²) < 4.78 is 63.3. The van der Waals surface area contributed by atoms with Crippen molar-refractivity contribution in [3.63, 3.8) is 0 Å². The van der Waals surface area contributed by atoms with Gasteiger partial charge in [-0.2, -0.15) is 0 Å². The van der Waals surface area contributed by atoms with Gasteiger partial charge in [0.2, 0.25) is 10.0 Å². The van der Waals surface area contributed by atoms with Crippen molar-refractivity contribution in [2.45, 2.75) is 29.9 Å². The molecule has 13 nitrogen and oxygen atoms in total. The molecule has 0 spiro atoms. The molecule has 3 aromatic carbocycles. The molecule has 0 bridgehead atoms. The third-order valence-electron chi connectivity index (χ3n) is 7.00. The van der Waals surface area contributed by atoms with Gasteiger partial charge in [0, 0.05) is 37.1 Å². The Balaban J connectivity index is 1.25. The number of carbonyl (C=O) groups is 1. The van der Waals surface area contributed by atoms with Gasteiger partial charge in [-0.25, -0.2) is 21.6 Å². The molecule has 0 amide bonds. The van der Waals surface area contributed by atoms with E-state index in [2.05, 4.69) is 24.4 Å². The van der Waals surface area contributed by atoms with E-state index >= 15 is 0 Å². The van der Waals surface area contributed by atoms with Gasteiger partial charge in [-0.1, -0.05) is 6.07 Å². The first-order valence-electron chi connectivity index (χ1n) is 13.7. The highest BCUT2D eigenvalue weighted by molar-refractivity contribution is 7.92. The van der Waals surface area contributed by atoms with Crippen LogP contribution in [0.15, 0.2) is 71.6 Å². The lowest BCUT2D eigenvalue weighted by molar-refractivity contribution is -0.142. The van der Waals surface area contributed by atoms with Crippen molar-refractivity contribution in [3.05, 3.63) is 72.3 Å². The highest BCUT2D eigenvalue weighted by Gasteiger charge is 2.21. The van der Waals surface area contributed by atoms with Crippen LogP contribution >= 0.6 is 0 Å². The smallest absolute Gasteiger partial charge is 0.343 e. The quantitative estimate of drug-likeness (QED) is 0.136. The molecule has 1 saturated heterocycles. The van der Waals surface area contributed by atoms with E-state index in [1.807, 2.05) is 12.1 Å². The molecule has 15 heteroatoms. The predicted octanol–water partition coefficient (Wildman–Crippen LogP) is 2.41. The molecule has 1 aliphatic heterocycles. The van der Waals surface area contributed by atoms with Crippen molar-refractivity contribution in [2.24, 2.45) is 0 Å². The maximum Gasteiger partial charge on any atom is 0.343 e. The number of ether oxygens (including phenoxy) is 2. The van der Waals surface area contributed by atoms with E-state index in [1.165, 1.54) is 43.5 Å². The molecule has 0 radical (unpaired) electrons. The van der Waals surface area contributed by atoms with Crippen molar-refractivity contribution in [1.29, 1.82) is 0 Å². The van der Waals surface area contributed by atoms with Gasteiger partial charge in [0.25, 0.3) is 10.0 Å². The fraction of sp³-hybridized carbons (Fsp3) is 0.345. The van der Waals surface area contributed by atoms with Gasteiger partial charge in [-0.05, 0) is 79.1 Å². The summed E-state index contributed by atoms with van der Waals surface area (Å²) in [4.78, 5) is 13.4. The van der Waals surface area contributed by atoms with Gasteiger partial charge in [-0.3, -0.25) is 9.44 Å². The standard InChI is InChI=1S/C29H36N4O9S2/c1-41-29(36)19-42-24-8-10-25(11-9-24)44(39,40)31-22-4-6-23(7-5-22)33-15-13-21(14-16-33)30-18-28(35)20-3-12-27(34)26(17-20)32-43(2,37)38/h3-12,17,21,28,30-32,34-35H,13-16,18-19H2,1-2H3/t28-/m0/s1. The highest BCUT2D eigenvalue weighted by Crippen LogP contribution is 2.28. The number of piperidine rings is 1. The number of esters is 1. The van der Waals surface area contributed by atoms with Crippen molar-refractivity contribution in [2.75, 3.05) is 54.0 Å². The van der Waals surface area contributed by atoms with E-state index in [1.54, 1.807) is 18.2 Å². The number of phenolic OH excluding ortho intramolecular Hbond substituents is 1. The number of rotatable bonds is 13. The number of hydrogen-bond acceptors (Lipinski definition) is 11. The molecule has 1 fully saturated rings. The summed E-state index contributed by atoms with van der Waals surface area (Å²) in [6, 6.07) is 17.3. The zero-order valence-corrected chi connectivity index (χ0v) is 25.9. The minimum Gasteiger partial charge on any atom is -0.506 e. The summed E-state index contributed by atoms with van der Waals surface area (Å²) in [5.74, 6) is -0.436. The largest absolute Gasteiger partial charge is 0.506 e. The fourth-order valence-corrected chi connectivity index (χ4v) is 6.27. The van der Waals surface area contributed by atoms with E-state index in [4.69, 9.17) is 4.74 Å². The van der Waals surface area contributed by atoms with Crippen LogP contribution in [0.2, 0.25) is 0 Å². The zero-order valence-electron chi connectivity index (χ0n) is 24.3. The molecule has 0 unspecified atom stereocenters. The molecule has 0 aromatic heterocycles. The monoisotopic (exact) mass is 648 g/mol. The third kappa shape index (κ3) is 9.22. The van der Waals surface area contributed by atoms with Gasteiger partial charge in [0.1, 0.15) is 11.5 Å². The van der Waals surface area contributed by atoms with Gasteiger partial charge >= 0.3 is 5.97 Å². The van der Waals surface area contributed by atoms with Crippen LogP contribution in [-0.4, -0.2) is 78.7 Å². The minimum atomic E-state index is -3.84. The Labute approximate surface area is 256 Å². The fourth-order valence-electron chi connectivity index (χ4n) is 4.65. The van der Waals surface area contributed by atoms with Crippen LogP contribution in [0.1, 0.15) is 24.5 Å².